The summed E-state index contributed by atoms with van der Waals surface area (Å²) in [5.74, 6) is 0. The van der Waals surface area contributed by atoms with Crippen molar-refractivity contribution in [1.29, 1.82) is 0 Å². The SMILES string of the molecule is CN(C1CCC(C)(C)CC1)S(=O)(=O)c1c[nH]c(=O)c(Cl)c1. The molecule has 1 aliphatic carbocycles. The van der Waals surface area contributed by atoms with E-state index in [0.717, 1.165) is 25.7 Å². The van der Waals surface area contributed by atoms with Gasteiger partial charge in [-0.1, -0.05) is 25.4 Å². The predicted molar refractivity (Wildman–Crippen MR) is 83.1 cm³/mol. The fourth-order valence-electron chi connectivity index (χ4n) is 2.70. The van der Waals surface area contributed by atoms with Crippen LogP contribution in [0.2, 0.25) is 5.02 Å². The zero-order chi connectivity index (χ0) is 15.8. The van der Waals surface area contributed by atoms with Crippen LogP contribution in [0.5, 0.6) is 0 Å². The van der Waals surface area contributed by atoms with E-state index in [1.165, 1.54) is 16.6 Å². The summed E-state index contributed by atoms with van der Waals surface area (Å²) in [7, 11) is -2.04. The Morgan fingerprint density at radius 1 is 1.33 bits per heavy atom. The average molecular weight is 333 g/mol. The van der Waals surface area contributed by atoms with Crippen LogP contribution < -0.4 is 5.56 Å². The first kappa shape index (κ1) is 16.5. The van der Waals surface area contributed by atoms with Gasteiger partial charge in [-0.05, 0) is 37.2 Å². The number of H-pyrrole nitrogens is 1. The zero-order valence-corrected chi connectivity index (χ0v) is 14.1. The molecular formula is C14H21ClN2O3S. The highest BCUT2D eigenvalue weighted by atomic mass is 35.5. The molecule has 0 spiro atoms. The highest BCUT2D eigenvalue weighted by Gasteiger charge is 2.34. The van der Waals surface area contributed by atoms with Gasteiger partial charge in [-0.3, -0.25) is 4.79 Å². The number of aromatic amines is 1. The van der Waals surface area contributed by atoms with Crippen molar-refractivity contribution in [3.63, 3.8) is 0 Å². The molecule has 21 heavy (non-hydrogen) atoms. The lowest BCUT2D eigenvalue weighted by Gasteiger charge is -2.38. The minimum atomic E-state index is -3.64. The van der Waals surface area contributed by atoms with Crippen LogP contribution >= 0.6 is 11.6 Å². The van der Waals surface area contributed by atoms with E-state index in [1.807, 2.05) is 0 Å². The normalized spacial score (nSPS) is 19.9. The lowest BCUT2D eigenvalue weighted by atomic mass is 9.76. The van der Waals surface area contributed by atoms with Gasteiger partial charge in [-0.2, -0.15) is 4.31 Å². The molecule has 1 aliphatic rings. The zero-order valence-electron chi connectivity index (χ0n) is 12.5. The van der Waals surface area contributed by atoms with Gasteiger partial charge in [0.25, 0.3) is 5.56 Å². The Morgan fingerprint density at radius 2 is 1.90 bits per heavy atom. The Morgan fingerprint density at radius 3 is 2.43 bits per heavy atom. The Balaban J connectivity index is 2.23. The van der Waals surface area contributed by atoms with E-state index in [2.05, 4.69) is 18.8 Å². The van der Waals surface area contributed by atoms with E-state index in [-0.39, 0.29) is 21.4 Å². The fourth-order valence-corrected chi connectivity index (χ4v) is 4.34. The van der Waals surface area contributed by atoms with Crippen LogP contribution in [0, 0.1) is 5.41 Å². The maximum Gasteiger partial charge on any atom is 0.266 e. The number of sulfonamides is 1. The number of nitrogens with one attached hydrogen (secondary N) is 1. The molecule has 5 nitrogen and oxygen atoms in total. The Hall–Kier alpha value is -0.850. The molecule has 1 aromatic rings. The van der Waals surface area contributed by atoms with E-state index in [0.29, 0.717) is 0 Å². The molecule has 0 atom stereocenters. The molecule has 0 amide bonds. The van der Waals surface area contributed by atoms with Gasteiger partial charge < -0.3 is 4.98 Å². The van der Waals surface area contributed by atoms with Gasteiger partial charge in [0.15, 0.2) is 0 Å². The molecular weight excluding hydrogens is 312 g/mol. The third-order valence-electron chi connectivity index (χ3n) is 4.33. The Bertz CT molecular complexity index is 672. The number of halogens is 1. The van der Waals surface area contributed by atoms with E-state index < -0.39 is 15.6 Å². The topological polar surface area (TPSA) is 70.2 Å². The summed E-state index contributed by atoms with van der Waals surface area (Å²) >= 11 is 5.72. The van der Waals surface area contributed by atoms with Crippen molar-refractivity contribution in [2.45, 2.75) is 50.5 Å². The standard InChI is InChI=1S/C14H21ClN2O3S/c1-14(2)6-4-10(5-7-14)17(3)21(19,20)11-8-12(15)13(18)16-9-11/h8-10H,4-7H2,1-3H3,(H,16,18). The Kier molecular flexibility index (Phi) is 4.52. The molecule has 7 heteroatoms. The summed E-state index contributed by atoms with van der Waals surface area (Å²) in [6.07, 6.45) is 4.90. The fraction of sp³-hybridized carbons (Fsp3) is 0.643. The summed E-state index contributed by atoms with van der Waals surface area (Å²) in [6, 6.07) is 1.20. The first-order valence-corrected chi connectivity index (χ1v) is 8.81. The lowest BCUT2D eigenvalue weighted by Crippen LogP contribution is -2.40. The molecule has 0 bridgehead atoms. The molecule has 0 saturated heterocycles. The second-order valence-corrected chi connectivity index (χ2v) is 8.83. The summed E-state index contributed by atoms with van der Waals surface area (Å²) in [5, 5.41) is -0.116. The van der Waals surface area contributed by atoms with Crippen LogP contribution in [-0.4, -0.2) is 30.8 Å². The maximum atomic E-state index is 12.6. The van der Waals surface area contributed by atoms with E-state index in [9.17, 15) is 13.2 Å². The number of hydrogen-bond acceptors (Lipinski definition) is 3. The van der Waals surface area contributed by atoms with Gasteiger partial charge in [0.1, 0.15) is 5.02 Å². The molecule has 0 radical (unpaired) electrons. The van der Waals surface area contributed by atoms with Gasteiger partial charge in [0, 0.05) is 19.3 Å². The Labute approximate surface area is 130 Å². The highest BCUT2D eigenvalue weighted by Crippen LogP contribution is 2.37. The average Bonchev–Trinajstić information content (AvgIpc) is 2.41. The number of hydrogen-bond donors (Lipinski definition) is 1. The first-order chi connectivity index (χ1) is 9.63. The van der Waals surface area contributed by atoms with Crippen molar-refractivity contribution in [1.82, 2.24) is 9.29 Å². The number of pyridine rings is 1. The van der Waals surface area contributed by atoms with E-state index >= 15 is 0 Å². The summed E-state index contributed by atoms with van der Waals surface area (Å²) in [5.41, 5.74) is -0.208. The monoisotopic (exact) mass is 332 g/mol. The van der Waals surface area contributed by atoms with Gasteiger partial charge in [0.05, 0.1) is 4.90 Å². The minimum absolute atomic E-state index is 0.00581. The maximum absolute atomic E-state index is 12.6. The van der Waals surface area contributed by atoms with Gasteiger partial charge >= 0.3 is 0 Å². The van der Waals surface area contributed by atoms with Crippen LogP contribution in [-0.2, 0) is 10.0 Å². The molecule has 1 N–H and O–H groups in total. The second-order valence-electron chi connectivity index (χ2n) is 6.43. The molecule has 2 rings (SSSR count). The van der Waals surface area contributed by atoms with Gasteiger partial charge in [-0.15, -0.1) is 0 Å². The summed E-state index contributed by atoms with van der Waals surface area (Å²) < 4.78 is 26.6. The summed E-state index contributed by atoms with van der Waals surface area (Å²) in [6.45, 7) is 4.42. The van der Waals surface area contributed by atoms with Crippen molar-refractivity contribution in [2.75, 3.05) is 7.05 Å². The van der Waals surface area contributed by atoms with Gasteiger partial charge in [0.2, 0.25) is 10.0 Å². The summed E-state index contributed by atoms with van der Waals surface area (Å²) in [4.78, 5) is 13.6. The van der Waals surface area contributed by atoms with Crippen LogP contribution in [0.1, 0.15) is 39.5 Å². The molecule has 0 unspecified atom stereocenters. The molecule has 0 aliphatic heterocycles. The second kappa shape index (κ2) is 5.74. The van der Waals surface area contributed by atoms with Crippen molar-refractivity contribution in [3.05, 3.63) is 27.6 Å². The molecule has 118 valence electrons. The first-order valence-electron chi connectivity index (χ1n) is 7.00. The van der Waals surface area contributed by atoms with Crippen LogP contribution in [0.25, 0.3) is 0 Å². The molecule has 1 heterocycles. The van der Waals surface area contributed by atoms with Crippen LogP contribution in [0.4, 0.5) is 0 Å². The number of rotatable bonds is 3. The predicted octanol–water partition coefficient (Wildman–Crippen LogP) is 2.62. The van der Waals surface area contributed by atoms with Crippen molar-refractivity contribution in [3.8, 4) is 0 Å². The molecule has 1 fully saturated rings. The number of aromatic nitrogens is 1. The molecule has 1 saturated carbocycles. The largest absolute Gasteiger partial charge is 0.326 e. The molecule has 1 aromatic heterocycles. The highest BCUT2D eigenvalue weighted by molar-refractivity contribution is 7.89. The third-order valence-corrected chi connectivity index (χ3v) is 6.50. The van der Waals surface area contributed by atoms with Crippen LogP contribution in [0.15, 0.2) is 22.0 Å². The third kappa shape index (κ3) is 3.49. The molecule has 0 aromatic carbocycles. The number of nitrogens with zero attached hydrogens (tertiary/aromatic N) is 1. The lowest BCUT2D eigenvalue weighted by molar-refractivity contribution is 0.174. The van der Waals surface area contributed by atoms with E-state index in [1.54, 1.807) is 7.05 Å². The van der Waals surface area contributed by atoms with E-state index in [4.69, 9.17) is 11.6 Å². The quantitative estimate of drug-likeness (QED) is 0.925. The van der Waals surface area contributed by atoms with Crippen molar-refractivity contribution in [2.24, 2.45) is 5.41 Å². The van der Waals surface area contributed by atoms with Crippen molar-refractivity contribution >= 4 is 21.6 Å². The van der Waals surface area contributed by atoms with Crippen molar-refractivity contribution < 1.29 is 8.42 Å². The van der Waals surface area contributed by atoms with Crippen LogP contribution in [0.3, 0.4) is 0 Å². The minimum Gasteiger partial charge on any atom is -0.326 e. The smallest absolute Gasteiger partial charge is 0.266 e. The van der Waals surface area contributed by atoms with Gasteiger partial charge in [-0.25, -0.2) is 8.42 Å².